The second kappa shape index (κ2) is 13.1. The summed E-state index contributed by atoms with van der Waals surface area (Å²) in [6, 6.07) is 74.3. The molecule has 0 unspecified atom stereocenters. The number of aromatic nitrogens is 1. The van der Waals surface area contributed by atoms with Gasteiger partial charge in [-0.05, 0) is 95.6 Å². The summed E-state index contributed by atoms with van der Waals surface area (Å²) in [5, 5.41) is 7.17. The van der Waals surface area contributed by atoms with E-state index in [1.165, 1.54) is 42.0 Å². The predicted molar refractivity (Wildman–Crippen MR) is 247 cm³/mol. The molecule has 0 aliphatic rings. The summed E-state index contributed by atoms with van der Waals surface area (Å²) in [6.07, 6.45) is 0. The third-order valence-corrected chi connectivity index (χ3v) is 12.7. The molecule has 0 atom stereocenters. The number of nitrogens with zero attached hydrogens (tertiary/aromatic N) is 2. The van der Waals surface area contributed by atoms with Crippen LogP contribution in [0.4, 0.5) is 17.1 Å². The molecular weight excluding hydrogens is 725 g/mol. The number of thiophene rings is 1. The molecule has 12 aromatic rings. The molecule has 0 saturated heterocycles. The Morgan fingerprint density at radius 2 is 1.03 bits per heavy atom. The first-order chi connectivity index (χ1) is 28.8. The number of hydrogen-bond donors (Lipinski definition) is 0. The normalized spacial score (nSPS) is 11.8. The molecule has 9 aromatic carbocycles. The Labute approximate surface area is 338 Å². The smallest absolute Gasteiger partial charge is 0.145 e. The van der Waals surface area contributed by atoms with E-state index in [4.69, 9.17) is 4.42 Å². The molecule has 0 fully saturated rings. The minimum absolute atomic E-state index is 0.863. The summed E-state index contributed by atoms with van der Waals surface area (Å²) in [4.78, 5) is 2.45. The highest BCUT2D eigenvalue weighted by Crippen LogP contribution is 2.50. The lowest BCUT2D eigenvalue weighted by Gasteiger charge is -2.28. The number of benzene rings is 9. The second-order valence-corrected chi connectivity index (χ2v) is 15.9. The lowest BCUT2D eigenvalue weighted by atomic mass is 9.98. The minimum atomic E-state index is 0.863. The first kappa shape index (κ1) is 32.8. The Kier molecular flexibility index (Phi) is 7.40. The SMILES string of the molecule is c1ccc(-c2ccc3c(c2)oc2c(-c4ccccc4)ccc(N(c4ccc(-n5c6ccccc6c6ccccc65)cc4)c4cccc5sc6ccccc6c45)c23)cc1. The molecule has 3 nitrogen and oxygen atoms in total. The van der Waals surface area contributed by atoms with Gasteiger partial charge < -0.3 is 13.9 Å². The van der Waals surface area contributed by atoms with Crippen molar-refractivity contribution >= 4 is 92.3 Å². The van der Waals surface area contributed by atoms with Crippen LogP contribution in [0.15, 0.2) is 211 Å². The molecule has 3 heterocycles. The van der Waals surface area contributed by atoms with Gasteiger partial charge in [0.15, 0.2) is 0 Å². The minimum Gasteiger partial charge on any atom is -0.455 e. The molecule has 0 aliphatic heterocycles. The van der Waals surface area contributed by atoms with Gasteiger partial charge in [0, 0.05) is 53.3 Å². The van der Waals surface area contributed by atoms with Crippen LogP contribution in [0.5, 0.6) is 0 Å². The zero-order valence-corrected chi connectivity index (χ0v) is 32.2. The van der Waals surface area contributed by atoms with Gasteiger partial charge in [0.1, 0.15) is 11.2 Å². The molecule has 0 saturated carbocycles. The Morgan fingerprint density at radius 3 is 1.78 bits per heavy atom. The third kappa shape index (κ3) is 5.05. The van der Waals surface area contributed by atoms with Crippen LogP contribution in [-0.4, -0.2) is 4.57 Å². The van der Waals surface area contributed by atoms with Gasteiger partial charge in [-0.25, -0.2) is 0 Å². The number of hydrogen-bond acceptors (Lipinski definition) is 3. The fourth-order valence-corrected chi connectivity index (χ4v) is 10.1. The van der Waals surface area contributed by atoms with Crippen molar-refractivity contribution < 1.29 is 4.42 Å². The van der Waals surface area contributed by atoms with Crippen LogP contribution in [0.25, 0.3) is 91.9 Å². The topological polar surface area (TPSA) is 21.3 Å². The highest BCUT2D eigenvalue weighted by atomic mass is 32.1. The van der Waals surface area contributed by atoms with E-state index < -0.39 is 0 Å². The van der Waals surface area contributed by atoms with Gasteiger partial charge in [0.2, 0.25) is 0 Å². The Morgan fingerprint density at radius 1 is 0.414 bits per heavy atom. The highest BCUT2D eigenvalue weighted by molar-refractivity contribution is 7.26. The fourth-order valence-electron chi connectivity index (χ4n) is 9.01. The number of rotatable bonds is 6. The van der Waals surface area contributed by atoms with Crippen LogP contribution in [0, 0.1) is 0 Å². The summed E-state index contributed by atoms with van der Waals surface area (Å²) in [7, 11) is 0. The largest absolute Gasteiger partial charge is 0.455 e. The first-order valence-electron chi connectivity index (χ1n) is 19.7. The zero-order valence-electron chi connectivity index (χ0n) is 31.3. The van der Waals surface area contributed by atoms with Gasteiger partial charge in [-0.2, -0.15) is 0 Å². The van der Waals surface area contributed by atoms with E-state index in [-0.39, 0.29) is 0 Å². The van der Waals surface area contributed by atoms with Crippen molar-refractivity contribution in [3.05, 3.63) is 206 Å². The van der Waals surface area contributed by atoms with Crippen molar-refractivity contribution in [2.75, 3.05) is 4.90 Å². The number of anilines is 3. The van der Waals surface area contributed by atoms with E-state index in [1.807, 2.05) is 11.3 Å². The summed E-state index contributed by atoms with van der Waals surface area (Å²) in [6.45, 7) is 0. The molecule has 0 N–H and O–H groups in total. The van der Waals surface area contributed by atoms with Gasteiger partial charge in [-0.15, -0.1) is 11.3 Å². The lowest BCUT2D eigenvalue weighted by Crippen LogP contribution is -2.11. The van der Waals surface area contributed by atoms with E-state index in [0.29, 0.717) is 0 Å². The van der Waals surface area contributed by atoms with Gasteiger partial charge in [-0.1, -0.05) is 127 Å². The maximum Gasteiger partial charge on any atom is 0.145 e. The molecule has 0 spiro atoms. The van der Waals surface area contributed by atoms with Crippen molar-refractivity contribution in [3.8, 4) is 27.9 Å². The van der Waals surface area contributed by atoms with Crippen LogP contribution in [-0.2, 0) is 0 Å². The molecule has 12 rings (SSSR count). The van der Waals surface area contributed by atoms with E-state index in [9.17, 15) is 0 Å². The lowest BCUT2D eigenvalue weighted by molar-refractivity contribution is 0.670. The average Bonchev–Trinajstić information content (AvgIpc) is 3.98. The van der Waals surface area contributed by atoms with Crippen LogP contribution in [0.2, 0.25) is 0 Å². The first-order valence-corrected chi connectivity index (χ1v) is 20.5. The number of fused-ring (bicyclic) bond motifs is 9. The van der Waals surface area contributed by atoms with Gasteiger partial charge in [0.25, 0.3) is 0 Å². The van der Waals surface area contributed by atoms with Crippen molar-refractivity contribution in [1.29, 1.82) is 0 Å². The summed E-state index contributed by atoms with van der Waals surface area (Å²) in [5.41, 5.74) is 13.0. The van der Waals surface area contributed by atoms with Crippen molar-refractivity contribution in [1.82, 2.24) is 4.57 Å². The molecule has 0 radical (unpaired) electrons. The van der Waals surface area contributed by atoms with Crippen LogP contribution < -0.4 is 4.90 Å². The number of para-hydroxylation sites is 2. The quantitative estimate of drug-likeness (QED) is 0.168. The summed E-state index contributed by atoms with van der Waals surface area (Å²) in [5.74, 6) is 0. The van der Waals surface area contributed by atoms with Crippen LogP contribution in [0.3, 0.4) is 0 Å². The average molecular weight is 759 g/mol. The maximum absolute atomic E-state index is 7.03. The molecule has 3 aromatic heterocycles. The molecule has 0 bridgehead atoms. The second-order valence-electron chi connectivity index (χ2n) is 14.9. The predicted octanol–water partition coefficient (Wildman–Crippen LogP) is 15.9. The van der Waals surface area contributed by atoms with E-state index >= 15 is 0 Å². The summed E-state index contributed by atoms with van der Waals surface area (Å²) >= 11 is 1.85. The molecule has 58 heavy (non-hydrogen) atoms. The summed E-state index contributed by atoms with van der Waals surface area (Å²) < 4.78 is 11.9. The molecule has 272 valence electrons. The van der Waals surface area contributed by atoms with Crippen LogP contribution in [0.1, 0.15) is 0 Å². The van der Waals surface area contributed by atoms with Gasteiger partial charge in [-0.3, -0.25) is 0 Å². The Balaban J connectivity index is 1.14. The standard InChI is InChI=1S/C54H34N2OS/c1-3-14-35(15-4-1)37-26-31-43-49(34-37)57-54-40(36-16-5-2-6-17-36)32-33-48(53(43)54)56(47-23-13-25-51-52(47)44-20-9-12-24-50(44)58-51)39-29-27-38(28-30-39)55-45-21-10-7-18-41(45)42-19-8-11-22-46(42)55/h1-34H. The molecule has 0 amide bonds. The van der Waals surface area contributed by atoms with Gasteiger partial charge in [0.05, 0.1) is 27.8 Å². The van der Waals surface area contributed by atoms with E-state index in [2.05, 4.69) is 216 Å². The number of furan rings is 1. The van der Waals surface area contributed by atoms with Crippen LogP contribution >= 0.6 is 11.3 Å². The van der Waals surface area contributed by atoms with Gasteiger partial charge >= 0.3 is 0 Å². The van der Waals surface area contributed by atoms with E-state index in [0.717, 1.165) is 66.9 Å². The maximum atomic E-state index is 7.03. The molecular formula is C54H34N2OS. The molecule has 4 heteroatoms. The Hall–Kier alpha value is -7.40. The fraction of sp³-hybridized carbons (Fsp3) is 0. The monoisotopic (exact) mass is 758 g/mol. The van der Waals surface area contributed by atoms with Crippen molar-refractivity contribution in [2.45, 2.75) is 0 Å². The third-order valence-electron chi connectivity index (χ3n) is 11.6. The highest BCUT2D eigenvalue weighted by Gasteiger charge is 2.25. The Bertz CT molecular complexity index is 3450. The van der Waals surface area contributed by atoms with Crippen molar-refractivity contribution in [2.24, 2.45) is 0 Å². The van der Waals surface area contributed by atoms with Crippen molar-refractivity contribution in [3.63, 3.8) is 0 Å². The van der Waals surface area contributed by atoms with E-state index in [1.54, 1.807) is 0 Å². The molecule has 0 aliphatic carbocycles. The zero-order chi connectivity index (χ0) is 38.2.